The number of para-hydroxylation sites is 1. The molecule has 0 radical (unpaired) electrons. The third kappa shape index (κ3) is 6.57. The number of carbonyl (C=O) groups excluding carboxylic acids is 1. The molecule has 2 saturated heterocycles. The van der Waals surface area contributed by atoms with Crippen LogP contribution in [0.2, 0.25) is 0 Å². The van der Waals surface area contributed by atoms with Crippen LogP contribution < -0.4 is 15.3 Å². The molecule has 2 aliphatic heterocycles. The predicted octanol–water partition coefficient (Wildman–Crippen LogP) is 4.33. The molecule has 232 valence electrons. The zero-order valence-electron chi connectivity index (χ0n) is 24.5. The van der Waals surface area contributed by atoms with Crippen LogP contribution in [0.1, 0.15) is 64.7 Å². The fraction of sp³-hybridized carbons (Fsp3) is 0.552. The van der Waals surface area contributed by atoms with Gasteiger partial charge in [0.25, 0.3) is 0 Å². The Kier molecular flexibility index (Phi) is 8.47. The number of benzene rings is 1. The van der Waals surface area contributed by atoms with E-state index in [0.29, 0.717) is 22.8 Å². The minimum absolute atomic E-state index is 0.143. The Morgan fingerprint density at radius 2 is 1.88 bits per heavy atom. The zero-order chi connectivity index (χ0) is 30.2. The van der Waals surface area contributed by atoms with E-state index in [0.717, 1.165) is 32.1 Å². The van der Waals surface area contributed by atoms with Gasteiger partial charge in [0.2, 0.25) is 0 Å². The molecule has 6 rings (SSSR count). The predicted molar refractivity (Wildman–Crippen MR) is 155 cm³/mol. The Balaban J connectivity index is 1.20. The summed E-state index contributed by atoms with van der Waals surface area (Å²) in [5, 5.41) is 7.12. The number of aromatic nitrogens is 3. The van der Waals surface area contributed by atoms with Gasteiger partial charge in [0.05, 0.1) is 12.3 Å². The lowest BCUT2D eigenvalue weighted by molar-refractivity contribution is -0.191. The molecule has 43 heavy (non-hydrogen) atoms. The Hall–Kier alpha value is -3.06. The first-order valence-corrected chi connectivity index (χ1v) is 16.2. The first-order chi connectivity index (χ1) is 20.6. The Bertz CT molecular complexity index is 1480. The molecule has 2 aromatic heterocycles. The topological polar surface area (TPSA) is 158 Å². The van der Waals surface area contributed by atoms with E-state index >= 15 is 0 Å². The van der Waals surface area contributed by atoms with Crippen LogP contribution in [-0.4, -0.2) is 63.4 Å². The summed E-state index contributed by atoms with van der Waals surface area (Å²) in [5.41, 5.74) is 7.38. The Morgan fingerprint density at radius 3 is 2.65 bits per heavy atom. The third-order valence-electron chi connectivity index (χ3n) is 7.87. The summed E-state index contributed by atoms with van der Waals surface area (Å²) in [6.45, 7) is 5.04. The SMILES string of the molecule is C[C@H](N[P@](=O)(OC[C@H]1O[C@@H](c2ccc3c(N)ncnn23)[C@@H]2OC(C)(C)O[C@@H]21)Oc1ccccc1)C(=O)OC1CCCCC1. The zero-order valence-corrected chi connectivity index (χ0v) is 25.4. The van der Waals surface area contributed by atoms with E-state index in [2.05, 4.69) is 15.2 Å². The summed E-state index contributed by atoms with van der Waals surface area (Å²) < 4.78 is 52.2. The molecule has 0 unspecified atom stereocenters. The molecule has 0 spiro atoms. The number of hydrogen-bond acceptors (Lipinski definition) is 11. The summed E-state index contributed by atoms with van der Waals surface area (Å²) in [4.78, 5) is 17.0. The molecule has 3 N–H and O–H groups in total. The summed E-state index contributed by atoms with van der Waals surface area (Å²) in [5.74, 6) is -0.759. The van der Waals surface area contributed by atoms with Gasteiger partial charge in [-0.05, 0) is 70.7 Å². The average molecular weight is 616 g/mol. The molecule has 13 nitrogen and oxygen atoms in total. The van der Waals surface area contributed by atoms with Crippen molar-refractivity contribution in [2.24, 2.45) is 0 Å². The second-order valence-corrected chi connectivity index (χ2v) is 13.3. The lowest BCUT2D eigenvalue weighted by Crippen LogP contribution is -2.38. The number of esters is 1. The molecule has 0 amide bonds. The normalized spacial score (nSPS) is 27.4. The highest BCUT2D eigenvalue weighted by Gasteiger charge is 2.56. The largest absolute Gasteiger partial charge is 0.461 e. The molecule has 0 bridgehead atoms. The van der Waals surface area contributed by atoms with Gasteiger partial charge in [-0.25, -0.2) is 14.1 Å². The van der Waals surface area contributed by atoms with Crippen molar-refractivity contribution in [3.05, 3.63) is 54.5 Å². The molecule has 3 aliphatic rings. The number of anilines is 1. The van der Waals surface area contributed by atoms with Gasteiger partial charge in [0.1, 0.15) is 54.2 Å². The van der Waals surface area contributed by atoms with E-state index in [9.17, 15) is 9.36 Å². The van der Waals surface area contributed by atoms with Crippen molar-refractivity contribution in [2.45, 2.75) is 95.2 Å². The van der Waals surface area contributed by atoms with Crippen molar-refractivity contribution < 1.29 is 37.4 Å². The highest BCUT2D eigenvalue weighted by Crippen LogP contribution is 2.49. The standard InChI is InChI=1S/C29H38N5O8P/c1-18(28(35)38-19-10-6-4-7-11-19)33-43(36,42-20-12-8-5-9-13-20)37-16-23-25-26(41-29(2,3)40-25)24(39-23)21-14-15-22-27(30)31-17-32-34(21)22/h5,8-9,12-15,17-19,23-26H,4,6-7,10-11,16H2,1-3H3,(H,33,36)(H2,30,31,32)/t18-,23+,24-,25+,26-,43-/m0/s1. The van der Waals surface area contributed by atoms with Crippen molar-refractivity contribution >= 4 is 25.1 Å². The van der Waals surface area contributed by atoms with Crippen LogP contribution in [0, 0.1) is 0 Å². The number of ether oxygens (including phenoxy) is 4. The molecular weight excluding hydrogens is 577 g/mol. The van der Waals surface area contributed by atoms with Crippen molar-refractivity contribution in [3.8, 4) is 5.75 Å². The van der Waals surface area contributed by atoms with Crippen molar-refractivity contribution in [1.82, 2.24) is 19.7 Å². The highest BCUT2D eigenvalue weighted by atomic mass is 31.2. The molecule has 4 heterocycles. The number of fused-ring (bicyclic) bond motifs is 2. The molecule has 3 aromatic rings. The first kappa shape index (κ1) is 30.0. The summed E-state index contributed by atoms with van der Waals surface area (Å²) in [6, 6.07) is 11.3. The van der Waals surface area contributed by atoms with Gasteiger partial charge in [-0.1, -0.05) is 24.6 Å². The second kappa shape index (κ2) is 12.1. The number of nitrogens with zero attached hydrogens (tertiary/aromatic N) is 3. The lowest BCUT2D eigenvalue weighted by Gasteiger charge is -2.27. The van der Waals surface area contributed by atoms with E-state index in [1.165, 1.54) is 6.33 Å². The minimum atomic E-state index is -4.12. The third-order valence-corrected chi connectivity index (χ3v) is 9.51. The van der Waals surface area contributed by atoms with Gasteiger partial charge in [-0.3, -0.25) is 9.32 Å². The summed E-state index contributed by atoms with van der Waals surface area (Å²) in [6.07, 6.45) is 3.70. The molecule has 1 saturated carbocycles. The van der Waals surface area contributed by atoms with E-state index in [4.69, 9.17) is 33.7 Å². The smallest absolute Gasteiger partial charge is 0.459 e. The van der Waals surface area contributed by atoms with Crippen LogP contribution in [0.3, 0.4) is 0 Å². The van der Waals surface area contributed by atoms with Crippen LogP contribution in [0.15, 0.2) is 48.8 Å². The number of carbonyl (C=O) groups is 1. The average Bonchev–Trinajstić information content (AvgIpc) is 3.64. The molecule has 14 heteroatoms. The molecule has 6 atom stereocenters. The van der Waals surface area contributed by atoms with Gasteiger partial charge in [-0.15, -0.1) is 0 Å². The number of hydrogen-bond donors (Lipinski definition) is 2. The van der Waals surface area contributed by atoms with E-state index in [-0.39, 0.29) is 12.7 Å². The Labute approximate surface area is 249 Å². The van der Waals surface area contributed by atoms with Crippen LogP contribution in [-0.2, 0) is 32.8 Å². The monoisotopic (exact) mass is 615 g/mol. The maximum absolute atomic E-state index is 14.2. The van der Waals surface area contributed by atoms with E-state index in [1.807, 2.05) is 32.0 Å². The molecule has 1 aromatic carbocycles. The molecule has 3 fully saturated rings. The maximum atomic E-state index is 14.2. The van der Waals surface area contributed by atoms with E-state index < -0.39 is 50.0 Å². The van der Waals surface area contributed by atoms with Gasteiger partial charge < -0.3 is 29.2 Å². The van der Waals surface area contributed by atoms with E-state index in [1.54, 1.807) is 35.7 Å². The molecular formula is C29H38N5O8P. The van der Waals surface area contributed by atoms with Gasteiger partial charge in [0, 0.05) is 0 Å². The fourth-order valence-corrected chi connectivity index (χ4v) is 7.37. The second-order valence-electron chi connectivity index (χ2n) is 11.6. The minimum Gasteiger partial charge on any atom is -0.461 e. The molecule has 1 aliphatic carbocycles. The summed E-state index contributed by atoms with van der Waals surface area (Å²) >= 11 is 0. The van der Waals surface area contributed by atoms with Crippen LogP contribution >= 0.6 is 7.75 Å². The van der Waals surface area contributed by atoms with Crippen LogP contribution in [0.5, 0.6) is 5.75 Å². The highest BCUT2D eigenvalue weighted by molar-refractivity contribution is 7.52. The maximum Gasteiger partial charge on any atom is 0.459 e. The summed E-state index contributed by atoms with van der Waals surface area (Å²) in [7, 11) is -4.12. The van der Waals surface area contributed by atoms with Crippen molar-refractivity contribution in [2.75, 3.05) is 12.3 Å². The van der Waals surface area contributed by atoms with Gasteiger partial charge in [0.15, 0.2) is 11.6 Å². The quantitative estimate of drug-likeness (QED) is 0.246. The van der Waals surface area contributed by atoms with Crippen LogP contribution in [0.4, 0.5) is 5.82 Å². The van der Waals surface area contributed by atoms with Crippen LogP contribution in [0.25, 0.3) is 5.52 Å². The van der Waals surface area contributed by atoms with Gasteiger partial charge in [-0.2, -0.15) is 10.2 Å². The number of nitrogen functional groups attached to an aromatic ring is 1. The number of rotatable bonds is 10. The fourth-order valence-electron chi connectivity index (χ4n) is 5.86. The lowest BCUT2D eigenvalue weighted by atomic mass is 9.98. The number of nitrogens with one attached hydrogen (secondary N) is 1. The van der Waals surface area contributed by atoms with Crippen molar-refractivity contribution in [3.63, 3.8) is 0 Å². The first-order valence-electron chi connectivity index (χ1n) is 14.7. The number of nitrogens with two attached hydrogens (primary N) is 1. The van der Waals surface area contributed by atoms with Crippen molar-refractivity contribution in [1.29, 1.82) is 0 Å². The van der Waals surface area contributed by atoms with Gasteiger partial charge >= 0.3 is 13.7 Å². The Morgan fingerprint density at radius 1 is 1.14 bits per heavy atom.